The number of hydrogen-bond donors (Lipinski definition) is 1. The Morgan fingerprint density at radius 3 is 2.14 bits per heavy atom. The topological polar surface area (TPSA) is 58.6 Å². The third-order valence-corrected chi connectivity index (χ3v) is 6.81. The largest absolute Gasteiger partial charge is 0.484 e. The molecule has 3 rings (SSSR count). The average molecular weight is 542 g/mol. The molecule has 1 atom stereocenters. The summed E-state index contributed by atoms with van der Waals surface area (Å²) in [7, 11) is 0. The minimum Gasteiger partial charge on any atom is -0.484 e. The van der Waals surface area contributed by atoms with Crippen molar-refractivity contribution >= 4 is 35.0 Å². The van der Waals surface area contributed by atoms with E-state index in [1.165, 1.54) is 0 Å². The standard InChI is InChI=1S/C30H34Cl2N2O3/c1-20-15-24(16-21(2)28(20)32)37-19-27(35)34(18-23-13-9-10-14-25(23)31)26(29(36)33-30(3,4)5)17-22-11-7-6-8-12-22/h6-16,26H,17-19H2,1-5H3,(H,33,36)/t26-/m1/s1. The van der Waals surface area contributed by atoms with Crippen LogP contribution in [0.5, 0.6) is 5.75 Å². The van der Waals surface area contributed by atoms with E-state index in [-0.39, 0.29) is 25.0 Å². The SMILES string of the molecule is Cc1cc(OCC(=O)N(Cc2ccccc2Cl)[C@H](Cc2ccccc2)C(=O)NC(C)(C)C)cc(C)c1Cl. The van der Waals surface area contributed by atoms with Crippen LogP contribution in [0.4, 0.5) is 0 Å². The zero-order valence-corrected chi connectivity index (χ0v) is 23.5. The number of benzene rings is 3. The highest BCUT2D eigenvalue weighted by atomic mass is 35.5. The van der Waals surface area contributed by atoms with Crippen molar-refractivity contribution in [2.75, 3.05) is 6.61 Å². The van der Waals surface area contributed by atoms with Crippen LogP contribution in [0, 0.1) is 13.8 Å². The fourth-order valence-corrected chi connectivity index (χ4v) is 4.34. The molecule has 0 saturated heterocycles. The van der Waals surface area contributed by atoms with Crippen LogP contribution in [-0.4, -0.2) is 34.9 Å². The van der Waals surface area contributed by atoms with E-state index < -0.39 is 11.6 Å². The molecule has 0 unspecified atom stereocenters. The molecule has 0 aliphatic carbocycles. The number of hydrogen-bond acceptors (Lipinski definition) is 3. The normalized spacial score (nSPS) is 12.1. The molecule has 0 spiro atoms. The Labute approximate surface area is 229 Å². The third-order valence-electron chi connectivity index (χ3n) is 5.84. The van der Waals surface area contributed by atoms with Crippen molar-refractivity contribution < 1.29 is 14.3 Å². The Hall–Kier alpha value is -3.02. The van der Waals surface area contributed by atoms with Gasteiger partial charge in [-0.25, -0.2) is 0 Å². The zero-order chi connectivity index (χ0) is 27.2. The summed E-state index contributed by atoms with van der Waals surface area (Å²) >= 11 is 12.8. The molecule has 0 bridgehead atoms. The fourth-order valence-electron chi connectivity index (χ4n) is 4.03. The van der Waals surface area contributed by atoms with Crippen LogP contribution in [0.15, 0.2) is 66.7 Å². The predicted molar refractivity (Wildman–Crippen MR) is 150 cm³/mol. The first-order valence-electron chi connectivity index (χ1n) is 12.2. The maximum absolute atomic E-state index is 13.7. The highest BCUT2D eigenvalue weighted by molar-refractivity contribution is 6.32. The molecule has 0 radical (unpaired) electrons. The quantitative estimate of drug-likeness (QED) is 0.335. The van der Waals surface area contributed by atoms with Crippen LogP contribution in [0.2, 0.25) is 10.0 Å². The molecule has 0 fully saturated rings. The predicted octanol–water partition coefficient (Wildman–Crippen LogP) is 6.54. The van der Waals surface area contributed by atoms with Crippen molar-refractivity contribution in [3.05, 3.63) is 99.0 Å². The lowest BCUT2D eigenvalue weighted by Gasteiger charge is -2.34. The molecular formula is C30H34Cl2N2O3. The summed E-state index contributed by atoms with van der Waals surface area (Å²) in [5.41, 5.74) is 2.95. The molecular weight excluding hydrogens is 507 g/mol. The van der Waals surface area contributed by atoms with Crippen molar-refractivity contribution in [1.29, 1.82) is 0 Å². The lowest BCUT2D eigenvalue weighted by molar-refractivity contribution is -0.143. The summed E-state index contributed by atoms with van der Waals surface area (Å²) in [5, 5.41) is 4.24. The number of rotatable bonds is 9. The van der Waals surface area contributed by atoms with Gasteiger partial charge in [0.15, 0.2) is 6.61 Å². The number of aryl methyl sites for hydroxylation is 2. The summed E-state index contributed by atoms with van der Waals surface area (Å²) in [5.74, 6) is -0.0192. The number of ether oxygens (including phenoxy) is 1. The Morgan fingerprint density at radius 2 is 1.54 bits per heavy atom. The first kappa shape index (κ1) is 28.5. The number of amides is 2. The van der Waals surface area contributed by atoms with Gasteiger partial charge in [-0.05, 0) is 75.1 Å². The van der Waals surface area contributed by atoms with Gasteiger partial charge in [-0.1, -0.05) is 71.7 Å². The maximum Gasteiger partial charge on any atom is 0.261 e. The van der Waals surface area contributed by atoms with Gasteiger partial charge < -0.3 is 15.0 Å². The van der Waals surface area contributed by atoms with E-state index in [9.17, 15) is 9.59 Å². The molecule has 0 saturated carbocycles. The maximum atomic E-state index is 13.7. The summed E-state index contributed by atoms with van der Waals surface area (Å²) in [6, 6.07) is 19.8. The van der Waals surface area contributed by atoms with Gasteiger partial charge in [0.25, 0.3) is 5.91 Å². The van der Waals surface area contributed by atoms with E-state index in [1.807, 2.05) is 83.1 Å². The van der Waals surface area contributed by atoms with Crippen LogP contribution in [-0.2, 0) is 22.6 Å². The summed E-state index contributed by atoms with van der Waals surface area (Å²) in [4.78, 5) is 28.9. The van der Waals surface area contributed by atoms with Gasteiger partial charge in [0.1, 0.15) is 11.8 Å². The number of carbonyl (C=O) groups excluding carboxylic acids is 2. The molecule has 1 N–H and O–H groups in total. The van der Waals surface area contributed by atoms with Crippen molar-refractivity contribution in [2.45, 2.75) is 59.2 Å². The van der Waals surface area contributed by atoms with Crippen LogP contribution in [0.25, 0.3) is 0 Å². The van der Waals surface area contributed by atoms with Gasteiger partial charge in [-0.15, -0.1) is 0 Å². The van der Waals surface area contributed by atoms with Gasteiger partial charge >= 0.3 is 0 Å². The molecule has 5 nitrogen and oxygen atoms in total. The van der Waals surface area contributed by atoms with E-state index in [2.05, 4.69) is 5.32 Å². The van der Waals surface area contributed by atoms with E-state index in [0.717, 1.165) is 22.3 Å². The fraction of sp³-hybridized carbons (Fsp3) is 0.333. The van der Waals surface area contributed by atoms with Gasteiger partial charge in [0.2, 0.25) is 5.91 Å². The zero-order valence-electron chi connectivity index (χ0n) is 22.0. The molecule has 196 valence electrons. The lowest BCUT2D eigenvalue weighted by atomic mass is 10.0. The van der Waals surface area contributed by atoms with Crippen LogP contribution >= 0.6 is 23.2 Å². The van der Waals surface area contributed by atoms with E-state index >= 15 is 0 Å². The monoisotopic (exact) mass is 540 g/mol. The Kier molecular flexibility index (Phi) is 9.63. The number of carbonyl (C=O) groups is 2. The molecule has 2 amide bonds. The smallest absolute Gasteiger partial charge is 0.261 e. The molecule has 0 aliphatic rings. The van der Waals surface area contributed by atoms with Gasteiger partial charge in [-0.3, -0.25) is 9.59 Å². The minimum atomic E-state index is -0.775. The molecule has 0 aliphatic heterocycles. The average Bonchev–Trinajstić information content (AvgIpc) is 2.83. The van der Waals surface area contributed by atoms with Gasteiger partial charge in [-0.2, -0.15) is 0 Å². The molecule has 0 heterocycles. The second-order valence-electron chi connectivity index (χ2n) is 10.2. The van der Waals surface area contributed by atoms with Gasteiger partial charge in [0.05, 0.1) is 0 Å². The van der Waals surface area contributed by atoms with Crippen LogP contribution in [0.1, 0.15) is 43.0 Å². The Morgan fingerprint density at radius 1 is 0.946 bits per heavy atom. The van der Waals surface area contributed by atoms with Crippen LogP contribution in [0.3, 0.4) is 0 Å². The highest BCUT2D eigenvalue weighted by Gasteiger charge is 2.32. The molecule has 3 aromatic rings. The number of nitrogens with one attached hydrogen (secondary N) is 1. The Balaban J connectivity index is 1.95. The Bertz CT molecular complexity index is 1220. The van der Waals surface area contributed by atoms with E-state index in [0.29, 0.717) is 22.2 Å². The lowest BCUT2D eigenvalue weighted by Crippen LogP contribution is -2.55. The van der Waals surface area contributed by atoms with Crippen molar-refractivity contribution in [3.8, 4) is 5.75 Å². The summed E-state index contributed by atoms with van der Waals surface area (Å²) in [6.45, 7) is 9.45. The second kappa shape index (κ2) is 12.5. The first-order valence-corrected chi connectivity index (χ1v) is 13.0. The molecule has 0 aromatic heterocycles. The molecule has 37 heavy (non-hydrogen) atoms. The van der Waals surface area contributed by atoms with Gasteiger partial charge in [0, 0.05) is 28.5 Å². The first-order chi connectivity index (χ1) is 17.4. The molecule has 3 aromatic carbocycles. The third kappa shape index (κ3) is 8.24. The van der Waals surface area contributed by atoms with Crippen molar-refractivity contribution in [3.63, 3.8) is 0 Å². The molecule has 7 heteroatoms. The summed E-state index contributed by atoms with van der Waals surface area (Å²) in [6.07, 6.45) is 0.345. The van der Waals surface area contributed by atoms with Crippen molar-refractivity contribution in [1.82, 2.24) is 10.2 Å². The number of nitrogens with zero attached hydrogens (tertiary/aromatic N) is 1. The number of halogens is 2. The summed E-state index contributed by atoms with van der Waals surface area (Å²) < 4.78 is 5.90. The van der Waals surface area contributed by atoms with Crippen LogP contribution < -0.4 is 10.1 Å². The minimum absolute atomic E-state index is 0.162. The van der Waals surface area contributed by atoms with Crippen molar-refractivity contribution in [2.24, 2.45) is 0 Å². The van der Waals surface area contributed by atoms with E-state index in [1.54, 1.807) is 23.1 Å². The second-order valence-corrected chi connectivity index (χ2v) is 11.0. The van der Waals surface area contributed by atoms with E-state index in [4.69, 9.17) is 27.9 Å². The highest BCUT2D eigenvalue weighted by Crippen LogP contribution is 2.26.